The van der Waals surface area contributed by atoms with Gasteiger partial charge in [0.25, 0.3) is 0 Å². The predicted octanol–water partition coefficient (Wildman–Crippen LogP) is 5.86. The maximum absolute atomic E-state index is 12.4. The van der Waals surface area contributed by atoms with Crippen LogP contribution >= 0.6 is 0 Å². The fraction of sp³-hybridized carbons (Fsp3) is 0.552. The van der Waals surface area contributed by atoms with Crippen molar-refractivity contribution in [3.05, 3.63) is 58.8 Å². The average Bonchev–Trinajstić information content (AvgIpc) is 3.29. The van der Waals surface area contributed by atoms with Crippen LogP contribution in [0.1, 0.15) is 70.6 Å². The average molecular weight is 445 g/mol. The summed E-state index contributed by atoms with van der Waals surface area (Å²) in [6.07, 6.45) is 12.2. The fourth-order valence-corrected chi connectivity index (χ4v) is 7.64. The Bertz CT molecular complexity index is 1230. The maximum atomic E-state index is 12.4. The Balaban J connectivity index is 1.46. The number of aromatic nitrogens is 2. The van der Waals surface area contributed by atoms with Crippen molar-refractivity contribution < 1.29 is 10.2 Å². The van der Waals surface area contributed by atoms with Gasteiger partial charge in [0.15, 0.2) is 0 Å². The summed E-state index contributed by atoms with van der Waals surface area (Å²) in [6, 6.07) is 6.62. The van der Waals surface area contributed by atoms with Crippen LogP contribution in [0, 0.1) is 29.6 Å². The molecule has 4 nitrogen and oxygen atoms in total. The van der Waals surface area contributed by atoms with Crippen molar-refractivity contribution in [2.24, 2.45) is 22.7 Å². The number of H-pyrrole nitrogens is 1. The lowest BCUT2D eigenvalue weighted by Gasteiger charge is -2.56. The van der Waals surface area contributed by atoms with Crippen molar-refractivity contribution in [2.45, 2.75) is 77.9 Å². The van der Waals surface area contributed by atoms with Crippen LogP contribution in [0.5, 0.6) is 0 Å². The van der Waals surface area contributed by atoms with Crippen LogP contribution in [0.2, 0.25) is 0 Å². The van der Waals surface area contributed by atoms with Gasteiger partial charge in [-0.05, 0) is 79.6 Å². The van der Waals surface area contributed by atoms with E-state index in [2.05, 4.69) is 74.3 Å². The number of benzene rings is 1. The second-order valence-electron chi connectivity index (χ2n) is 11.8. The van der Waals surface area contributed by atoms with Crippen molar-refractivity contribution in [2.75, 3.05) is 0 Å². The number of aliphatic hydroxyl groups is 2. The second-order valence-corrected chi connectivity index (χ2v) is 11.8. The van der Waals surface area contributed by atoms with E-state index in [1.165, 1.54) is 22.1 Å². The lowest BCUT2D eigenvalue weighted by atomic mass is 9.49. The van der Waals surface area contributed by atoms with Crippen molar-refractivity contribution in [1.82, 2.24) is 10.2 Å². The number of aryl methyl sites for hydroxylation is 1. The zero-order chi connectivity index (χ0) is 23.2. The lowest BCUT2D eigenvalue weighted by Crippen LogP contribution is -2.55. The molecular weight excluding hydrogens is 408 g/mol. The highest BCUT2D eigenvalue weighted by atomic mass is 16.3. The number of nitrogens with zero attached hydrogens (tertiary/aromatic N) is 1. The minimum absolute atomic E-state index is 0.123. The first-order valence-electron chi connectivity index (χ1n) is 12.6. The Kier molecular flexibility index (Phi) is 4.49. The van der Waals surface area contributed by atoms with E-state index in [4.69, 9.17) is 0 Å². The van der Waals surface area contributed by atoms with E-state index in [0.29, 0.717) is 5.92 Å². The van der Waals surface area contributed by atoms with Gasteiger partial charge in [-0.2, -0.15) is 5.10 Å². The van der Waals surface area contributed by atoms with E-state index < -0.39 is 5.60 Å². The molecule has 0 radical (unpaired) electrons. The first-order valence-corrected chi connectivity index (χ1v) is 12.6. The van der Waals surface area contributed by atoms with Gasteiger partial charge in [-0.15, -0.1) is 0 Å². The number of aromatic amines is 1. The van der Waals surface area contributed by atoms with Crippen LogP contribution in [-0.2, 0) is 0 Å². The molecule has 1 aromatic heterocycles. The SMILES string of the molecule is Cc1[nH]nc2cc(C3=CCC4C3(C)C(C)(C)C=C3C=C5CC(O)CCC5CC[C@@]34O)ccc12. The quantitative estimate of drug-likeness (QED) is 0.516. The van der Waals surface area contributed by atoms with Gasteiger partial charge in [0.2, 0.25) is 0 Å². The molecule has 0 amide bonds. The maximum Gasteiger partial charge on any atom is 0.0933 e. The molecule has 2 aromatic rings. The summed E-state index contributed by atoms with van der Waals surface area (Å²) in [5, 5.41) is 31.4. The third-order valence-electron chi connectivity index (χ3n) is 9.86. The number of aliphatic hydroxyl groups excluding tert-OH is 1. The van der Waals surface area contributed by atoms with E-state index in [0.717, 1.165) is 55.3 Å². The predicted molar refractivity (Wildman–Crippen MR) is 133 cm³/mol. The summed E-state index contributed by atoms with van der Waals surface area (Å²) < 4.78 is 0. The van der Waals surface area contributed by atoms with Gasteiger partial charge in [-0.25, -0.2) is 0 Å². The summed E-state index contributed by atoms with van der Waals surface area (Å²) >= 11 is 0. The molecule has 174 valence electrons. The number of nitrogens with one attached hydrogen (secondary N) is 1. The molecule has 4 heteroatoms. The fourth-order valence-electron chi connectivity index (χ4n) is 7.64. The van der Waals surface area contributed by atoms with Crippen LogP contribution in [0.15, 0.2) is 47.6 Å². The molecule has 1 fully saturated rings. The minimum Gasteiger partial charge on any atom is -0.393 e. The zero-order valence-electron chi connectivity index (χ0n) is 20.3. The van der Waals surface area contributed by atoms with E-state index in [1.54, 1.807) is 0 Å². The molecule has 4 aliphatic carbocycles. The molecule has 1 saturated carbocycles. The Morgan fingerprint density at radius 3 is 2.76 bits per heavy atom. The minimum atomic E-state index is -0.829. The van der Waals surface area contributed by atoms with Gasteiger partial charge in [0.05, 0.1) is 17.2 Å². The number of hydrogen-bond donors (Lipinski definition) is 3. The molecular formula is C29H36N2O2. The largest absolute Gasteiger partial charge is 0.393 e. The molecule has 1 aromatic carbocycles. The third kappa shape index (κ3) is 2.86. The topological polar surface area (TPSA) is 69.1 Å². The summed E-state index contributed by atoms with van der Waals surface area (Å²) in [5.41, 5.74) is 5.97. The molecule has 33 heavy (non-hydrogen) atoms. The summed E-state index contributed by atoms with van der Waals surface area (Å²) in [5.74, 6) is 0.631. The molecule has 0 spiro atoms. The third-order valence-corrected chi connectivity index (χ3v) is 9.86. The van der Waals surface area contributed by atoms with Gasteiger partial charge in [0, 0.05) is 22.4 Å². The highest BCUT2D eigenvalue weighted by Crippen LogP contribution is 2.67. The van der Waals surface area contributed by atoms with E-state index in [-0.39, 0.29) is 22.9 Å². The summed E-state index contributed by atoms with van der Waals surface area (Å²) in [7, 11) is 0. The van der Waals surface area contributed by atoms with Crippen LogP contribution in [-0.4, -0.2) is 32.1 Å². The molecule has 0 saturated heterocycles. The van der Waals surface area contributed by atoms with Gasteiger partial charge in [-0.3, -0.25) is 5.10 Å². The Hall–Kier alpha value is -2.17. The highest BCUT2D eigenvalue weighted by molar-refractivity contribution is 5.87. The van der Waals surface area contributed by atoms with Gasteiger partial charge < -0.3 is 10.2 Å². The summed E-state index contributed by atoms with van der Waals surface area (Å²) in [6.45, 7) is 9.10. The first kappa shape index (κ1) is 21.4. The van der Waals surface area contributed by atoms with Crippen molar-refractivity contribution in [1.29, 1.82) is 0 Å². The number of rotatable bonds is 1. The van der Waals surface area contributed by atoms with Gasteiger partial charge >= 0.3 is 0 Å². The van der Waals surface area contributed by atoms with Gasteiger partial charge in [-0.1, -0.05) is 56.7 Å². The van der Waals surface area contributed by atoms with Crippen LogP contribution in [0.25, 0.3) is 16.5 Å². The molecule has 5 atom stereocenters. The van der Waals surface area contributed by atoms with E-state index in [9.17, 15) is 10.2 Å². The Labute approximate surface area is 196 Å². The molecule has 1 heterocycles. The lowest BCUT2D eigenvalue weighted by molar-refractivity contribution is -0.0651. The second kappa shape index (κ2) is 6.93. The Morgan fingerprint density at radius 1 is 1.12 bits per heavy atom. The standard InChI is InChI=1S/C29H36N2O2/c1-17-23-8-6-19(15-25(23)31-30-17)24-9-10-26-28(24,4)27(2,3)16-21-13-20-14-22(32)7-5-18(20)11-12-29(21,26)33/h6,8-9,13,15-16,18,22,26,32-33H,5,7,10-12,14H2,1-4H3,(H,30,31)/t18?,22?,26?,28?,29-/m1/s1. The number of fused-ring (bicyclic) bond motifs is 5. The number of allylic oxidation sites excluding steroid dienone is 3. The van der Waals surface area contributed by atoms with E-state index >= 15 is 0 Å². The Morgan fingerprint density at radius 2 is 1.94 bits per heavy atom. The molecule has 4 aliphatic rings. The van der Waals surface area contributed by atoms with Crippen molar-refractivity contribution in [3.63, 3.8) is 0 Å². The van der Waals surface area contributed by atoms with Crippen molar-refractivity contribution in [3.8, 4) is 0 Å². The molecule has 0 bridgehead atoms. The van der Waals surface area contributed by atoms with Gasteiger partial charge in [0.1, 0.15) is 0 Å². The monoisotopic (exact) mass is 444 g/mol. The molecule has 0 aliphatic heterocycles. The summed E-state index contributed by atoms with van der Waals surface area (Å²) in [4.78, 5) is 0. The van der Waals surface area contributed by atoms with Crippen LogP contribution < -0.4 is 0 Å². The van der Waals surface area contributed by atoms with Crippen molar-refractivity contribution >= 4 is 16.5 Å². The normalized spacial score (nSPS) is 37.4. The molecule has 3 N–H and O–H groups in total. The highest BCUT2D eigenvalue weighted by Gasteiger charge is 2.62. The first-order chi connectivity index (χ1) is 15.6. The van der Waals surface area contributed by atoms with E-state index in [1.807, 2.05) is 0 Å². The number of hydrogen-bond acceptors (Lipinski definition) is 3. The smallest absolute Gasteiger partial charge is 0.0933 e. The molecule has 6 rings (SSSR count). The van der Waals surface area contributed by atoms with Crippen LogP contribution in [0.3, 0.4) is 0 Å². The van der Waals surface area contributed by atoms with Crippen LogP contribution in [0.4, 0.5) is 0 Å². The zero-order valence-corrected chi connectivity index (χ0v) is 20.3. The molecule has 4 unspecified atom stereocenters.